The molecule has 0 radical (unpaired) electrons. The van der Waals surface area contributed by atoms with Crippen molar-refractivity contribution < 1.29 is 19.2 Å². The monoisotopic (exact) mass is 483 g/mol. The predicted molar refractivity (Wildman–Crippen MR) is 121 cm³/mol. The molecule has 0 aromatic heterocycles. The first-order valence-electron chi connectivity index (χ1n) is 9.29. The van der Waals surface area contributed by atoms with Crippen LogP contribution in [-0.4, -0.2) is 28.3 Å². The van der Waals surface area contributed by atoms with Gasteiger partial charge in [-0.3, -0.25) is 19.2 Å². The number of ketones is 2. The molecule has 3 aromatic rings. The van der Waals surface area contributed by atoms with E-state index in [-0.39, 0.29) is 32.3 Å². The second-order valence-corrected chi connectivity index (χ2v) is 7.96. The van der Waals surface area contributed by atoms with Crippen LogP contribution in [-0.2, 0) is 0 Å². The largest absolute Gasteiger partial charge is 0.287 e. The summed E-state index contributed by atoms with van der Waals surface area (Å²) in [6.45, 7) is 0. The van der Waals surface area contributed by atoms with Crippen LogP contribution in [0.1, 0.15) is 41.4 Å². The molecular weight excluding hydrogens is 473 g/mol. The molecule has 0 saturated heterocycles. The van der Waals surface area contributed by atoms with Gasteiger partial charge in [0.05, 0.1) is 21.2 Å². The molecule has 2 amide bonds. The maximum absolute atomic E-state index is 13.5. The zero-order valence-electron chi connectivity index (χ0n) is 16.1. The minimum Gasteiger partial charge on any atom is -0.287 e. The van der Waals surface area contributed by atoms with Gasteiger partial charge in [-0.15, -0.1) is 0 Å². The average Bonchev–Trinajstić information content (AvgIpc) is 2.80. The van der Waals surface area contributed by atoms with Crippen molar-refractivity contribution in [1.29, 1.82) is 0 Å². The third-order valence-electron chi connectivity index (χ3n) is 4.88. The summed E-state index contributed by atoms with van der Waals surface area (Å²) in [4.78, 5) is 53.8. The van der Waals surface area contributed by atoms with Gasteiger partial charge in [-0.2, -0.15) is 0 Å². The molecule has 0 heterocycles. The quantitative estimate of drug-likeness (QED) is 0.440. The smallest absolute Gasteiger partial charge is 0.267 e. The Morgan fingerprint density at radius 2 is 1.00 bits per heavy atom. The number of hydrogen-bond donors (Lipinski definition) is 0. The van der Waals surface area contributed by atoms with Gasteiger partial charge in [0.1, 0.15) is 10.7 Å². The van der Waals surface area contributed by atoms with Crippen molar-refractivity contribution in [3.05, 3.63) is 116 Å². The predicted octanol–water partition coefficient (Wildman–Crippen LogP) is 5.81. The van der Waals surface area contributed by atoms with Crippen LogP contribution in [0.5, 0.6) is 0 Å². The number of halogens is 3. The summed E-state index contributed by atoms with van der Waals surface area (Å²) in [6, 6.07) is 18.1. The lowest BCUT2D eigenvalue weighted by molar-refractivity contribution is 0.0642. The normalized spacial score (nSPS) is 13.1. The zero-order valence-corrected chi connectivity index (χ0v) is 18.4. The van der Waals surface area contributed by atoms with Gasteiger partial charge in [0.15, 0.2) is 0 Å². The lowest BCUT2D eigenvalue weighted by Crippen LogP contribution is -2.42. The minimum absolute atomic E-state index is 0.0285. The number of nitrogens with zero attached hydrogens (tertiary/aromatic N) is 1. The molecule has 0 bridgehead atoms. The van der Waals surface area contributed by atoms with E-state index in [4.69, 9.17) is 34.8 Å². The average molecular weight is 485 g/mol. The Bertz CT molecular complexity index is 1290. The van der Waals surface area contributed by atoms with Gasteiger partial charge in [-0.1, -0.05) is 83.3 Å². The van der Waals surface area contributed by atoms with Crippen molar-refractivity contribution in [3.8, 4) is 0 Å². The molecule has 0 saturated carbocycles. The van der Waals surface area contributed by atoms with Gasteiger partial charge >= 0.3 is 0 Å². The van der Waals surface area contributed by atoms with E-state index in [1.807, 2.05) is 0 Å². The van der Waals surface area contributed by atoms with Gasteiger partial charge in [-0.05, 0) is 24.3 Å². The number of benzene rings is 3. The highest BCUT2D eigenvalue weighted by atomic mass is 35.5. The fraction of sp³-hybridized carbons (Fsp3) is 0. The van der Waals surface area contributed by atoms with Crippen molar-refractivity contribution in [2.24, 2.45) is 0 Å². The summed E-state index contributed by atoms with van der Waals surface area (Å²) in [5.41, 5.74) is -0.538. The van der Waals surface area contributed by atoms with E-state index in [2.05, 4.69) is 0 Å². The highest BCUT2D eigenvalue weighted by Crippen LogP contribution is 2.33. The van der Waals surface area contributed by atoms with Crippen LogP contribution >= 0.6 is 34.8 Å². The Morgan fingerprint density at radius 1 is 0.594 bits per heavy atom. The van der Waals surface area contributed by atoms with Crippen LogP contribution < -0.4 is 0 Å². The minimum atomic E-state index is -0.922. The Kier molecular flexibility index (Phi) is 5.98. The van der Waals surface area contributed by atoms with Crippen molar-refractivity contribution in [2.45, 2.75) is 0 Å². The van der Waals surface area contributed by atoms with E-state index >= 15 is 0 Å². The SMILES string of the molecule is O=C1C(Cl)=C(N(C(=O)c2ccccc2Cl)C(=O)c2ccccc2Cl)C(=O)c2ccccc21. The highest BCUT2D eigenvalue weighted by molar-refractivity contribution is 6.50. The number of amides is 2. The van der Waals surface area contributed by atoms with E-state index in [1.54, 1.807) is 36.4 Å². The van der Waals surface area contributed by atoms with Crippen molar-refractivity contribution in [3.63, 3.8) is 0 Å². The molecule has 1 aliphatic rings. The summed E-state index contributed by atoms with van der Waals surface area (Å²) in [7, 11) is 0. The molecule has 0 unspecified atom stereocenters. The maximum Gasteiger partial charge on any atom is 0.267 e. The lowest BCUT2D eigenvalue weighted by Gasteiger charge is -2.27. The third-order valence-corrected chi connectivity index (χ3v) is 5.89. The standard InChI is InChI=1S/C24H12Cl3NO4/c25-17-11-5-3-9-15(17)23(31)28(24(32)16-10-4-6-12-18(16)26)20-19(27)21(29)13-7-1-2-8-14(13)22(20)30/h1-12H. The first kappa shape index (κ1) is 22.0. The molecule has 158 valence electrons. The second-order valence-electron chi connectivity index (χ2n) is 6.77. The summed E-state index contributed by atoms with van der Waals surface area (Å²) < 4.78 is 0. The lowest BCUT2D eigenvalue weighted by atomic mass is 9.91. The Labute approximate surface area is 197 Å². The molecule has 5 nitrogen and oxygen atoms in total. The van der Waals surface area contributed by atoms with Gasteiger partial charge in [-0.25, -0.2) is 4.90 Å². The van der Waals surface area contributed by atoms with Crippen LogP contribution in [0.25, 0.3) is 0 Å². The molecule has 1 aliphatic carbocycles. The molecule has 0 spiro atoms. The van der Waals surface area contributed by atoms with Gasteiger partial charge in [0, 0.05) is 11.1 Å². The number of carbonyl (C=O) groups is 4. The molecule has 0 aliphatic heterocycles. The molecule has 4 rings (SSSR count). The number of fused-ring (bicyclic) bond motifs is 1. The zero-order chi connectivity index (χ0) is 23.0. The first-order chi connectivity index (χ1) is 15.3. The summed E-state index contributed by atoms with van der Waals surface area (Å²) in [6.07, 6.45) is 0. The maximum atomic E-state index is 13.5. The second kappa shape index (κ2) is 8.71. The molecule has 8 heteroatoms. The van der Waals surface area contributed by atoms with E-state index in [1.165, 1.54) is 36.4 Å². The highest BCUT2D eigenvalue weighted by Gasteiger charge is 2.40. The number of carbonyl (C=O) groups excluding carboxylic acids is 4. The number of hydrogen-bond acceptors (Lipinski definition) is 4. The fourth-order valence-electron chi connectivity index (χ4n) is 3.34. The molecule has 0 fully saturated rings. The number of Topliss-reactive ketones (excluding diaryl/α,β-unsaturated/α-hetero) is 2. The summed E-state index contributed by atoms with van der Waals surface area (Å²) in [5, 5.41) is -0.433. The molecule has 0 atom stereocenters. The topological polar surface area (TPSA) is 71.5 Å². The number of imide groups is 1. The molecule has 32 heavy (non-hydrogen) atoms. The van der Waals surface area contributed by atoms with Crippen LogP contribution in [0.3, 0.4) is 0 Å². The van der Waals surface area contributed by atoms with Crippen LogP contribution in [0.15, 0.2) is 83.5 Å². The Morgan fingerprint density at radius 3 is 1.47 bits per heavy atom. The molecule has 0 N–H and O–H groups in total. The molecular formula is C24H12Cl3NO4. The van der Waals surface area contributed by atoms with Crippen molar-refractivity contribution in [1.82, 2.24) is 4.90 Å². The summed E-state index contributed by atoms with van der Waals surface area (Å²) >= 11 is 18.7. The number of allylic oxidation sites excluding steroid dienone is 2. The van der Waals surface area contributed by atoms with Gasteiger partial charge < -0.3 is 0 Å². The fourth-order valence-corrected chi connectivity index (χ4v) is 4.04. The van der Waals surface area contributed by atoms with Crippen molar-refractivity contribution >= 4 is 58.2 Å². The van der Waals surface area contributed by atoms with E-state index in [0.717, 1.165) is 0 Å². The molecule has 3 aromatic carbocycles. The van der Waals surface area contributed by atoms with Gasteiger partial charge in [0.2, 0.25) is 11.6 Å². The van der Waals surface area contributed by atoms with E-state index in [0.29, 0.717) is 4.90 Å². The Balaban J connectivity index is 1.95. The first-order valence-corrected chi connectivity index (χ1v) is 10.4. The Hall–Kier alpha value is -3.25. The van der Waals surface area contributed by atoms with Crippen LogP contribution in [0.2, 0.25) is 10.0 Å². The third kappa shape index (κ3) is 3.65. The summed E-state index contributed by atoms with van der Waals surface area (Å²) in [5.74, 6) is -3.27. The number of rotatable bonds is 3. The van der Waals surface area contributed by atoms with Crippen molar-refractivity contribution in [2.75, 3.05) is 0 Å². The van der Waals surface area contributed by atoms with Crippen LogP contribution in [0, 0.1) is 0 Å². The van der Waals surface area contributed by atoms with E-state index < -0.39 is 34.1 Å². The van der Waals surface area contributed by atoms with Gasteiger partial charge in [0.25, 0.3) is 11.8 Å². The van der Waals surface area contributed by atoms with E-state index in [9.17, 15) is 19.2 Å². The van der Waals surface area contributed by atoms with Crippen LogP contribution in [0.4, 0.5) is 0 Å².